The molecule has 1 amide bonds. The van der Waals surface area contributed by atoms with Gasteiger partial charge in [0.05, 0.1) is 11.4 Å². The number of nitrogens with zero attached hydrogens (tertiary/aromatic N) is 2. The van der Waals surface area contributed by atoms with Gasteiger partial charge < -0.3 is 15.4 Å². The van der Waals surface area contributed by atoms with E-state index in [4.69, 9.17) is 4.74 Å². The largest absolute Gasteiger partial charge is 0.444 e. The standard InChI is InChI=1S/C16H22N4O2S/c1-16(2,3)22-15(21)19-9-8-17-10-12-11-23-14(20-12)13-6-4-5-7-18-13/h4-7,11,17H,8-10H2,1-3H3,(H,19,21). The van der Waals surface area contributed by atoms with Gasteiger partial charge in [-0.25, -0.2) is 9.78 Å². The second kappa shape index (κ2) is 8.03. The monoisotopic (exact) mass is 334 g/mol. The van der Waals surface area contributed by atoms with E-state index in [1.165, 1.54) is 0 Å². The summed E-state index contributed by atoms with van der Waals surface area (Å²) in [5.74, 6) is 0. The van der Waals surface area contributed by atoms with E-state index >= 15 is 0 Å². The van der Waals surface area contributed by atoms with Gasteiger partial charge in [-0.15, -0.1) is 11.3 Å². The summed E-state index contributed by atoms with van der Waals surface area (Å²) in [7, 11) is 0. The van der Waals surface area contributed by atoms with Crippen LogP contribution in [-0.4, -0.2) is 34.8 Å². The molecular formula is C16H22N4O2S. The molecule has 2 N–H and O–H groups in total. The van der Waals surface area contributed by atoms with Crippen molar-refractivity contribution in [2.45, 2.75) is 32.9 Å². The molecule has 0 spiro atoms. The van der Waals surface area contributed by atoms with Crippen LogP contribution in [0.4, 0.5) is 4.79 Å². The molecular weight excluding hydrogens is 312 g/mol. The SMILES string of the molecule is CC(C)(C)OC(=O)NCCNCc1csc(-c2ccccn2)n1. The Hall–Kier alpha value is -1.99. The van der Waals surface area contributed by atoms with Gasteiger partial charge in [0.25, 0.3) is 0 Å². The Labute approximate surface area is 140 Å². The molecule has 2 aromatic rings. The lowest BCUT2D eigenvalue weighted by Gasteiger charge is -2.19. The zero-order valence-electron chi connectivity index (χ0n) is 13.6. The number of alkyl carbamates (subject to hydrolysis) is 1. The lowest BCUT2D eigenvalue weighted by molar-refractivity contribution is 0.0528. The van der Waals surface area contributed by atoms with Gasteiger partial charge in [-0.3, -0.25) is 4.98 Å². The molecule has 0 aromatic carbocycles. The highest BCUT2D eigenvalue weighted by molar-refractivity contribution is 7.13. The number of pyridine rings is 1. The maximum absolute atomic E-state index is 11.5. The number of rotatable bonds is 6. The van der Waals surface area contributed by atoms with Crippen LogP contribution in [0.15, 0.2) is 29.8 Å². The van der Waals surface area contributed by atoms with E-state index in [-0.39, 0.29) is 0 Å². The minimum atomic E-state index is -0.472. The third-order valence-corrected chi connectivity index (χ3v) is 3.63. The first-order valence-electron chi connectivity index (χ1n) is 7.47. The van der Waals surface area contributed by atoms with E-state index in [1.807, 2.05) is 44.4 Å². The summed E-state index contributed by atoms with van der Waals surface area (Å²) in [6.45, 7) is 7.33. The van der Waals surface area contributed by atoms with Gasteiger partial charge in [0, 0.05) is 31.2 Å². The first-order valence-corrected chi connectivity index (χ1v) is 8.35. The predicted octanol–water partition coefficient (Wildman–Crippen LogP) is 2.82. The molecule has 0 aliphatic carbocycles. The molecule has 0 radical (unpaired) electrons. The summed E-state index contributed by atoms with van der Waals surface area (Å²) in [6, 6.07) is 5.78. The van der Waals surface area contributed by atoms with E-state index in [0.29, 0.717) is 19.6 Å². The minimum Gasteiger partial charge on any atom is -0.444 e. The second-order valence-electron chi connectivity index (χ2n) is 5.96. The first-order chi connectivity index (χ1) is 10.9. The van der Waals surface area contributed by atoms with Crippen LogP contribution in [-0.2, 0) is 11.3 Å². The van der Waals surface area contributed by atoms with Crippen LogP contribution in [0.1, 0.15) is 26.5 Å². The van der Waals surface area contributed by atoms with E-state index in [2.05, 4.69) is 20.6 Å². The van der Waals surface area contributed by atoms with E-state index in [0.717, 1.165) is 16.4 Å². The first kappa shape index (κ1) is 17.4. The van der Waals surface area contributed by atoms with Crippen molar-refractivity contribution in [2.24, 2.45) is 0 Å². The minimum absolute atomic E-state index is 0.398. The van der Waals surface area contributed by atoms with Crippen LogP contribution in [0, 0.1) is 0 Å². The molecule has 6 nitrogen and oxygen atoms in total. The van der Waals surface area contributed by atoms with E-state index in [9.17, 15) is 4.79 Å². The fourth-order valence-corrected chi connectivity index (χ4v) is 2.57. The van der Waals surface area contributed by atoms with Crippen molar-refractivity contribution in [1.29, 1.82) is 0 Å². The Balaban J connectivity index is 1.68. The van der Waals surface area contributed by atoms with Crippen LogP contribution in [0.25, 0.3) is 10.7 Å². The van der Waals surface area contributed by atoms with Gasteiger partial charge in [-0.05, 0) is 32.9 Å². The summed E-state index contributed by atoms with van der Waals surface area (Å²) >= 11 is 1.57. The highest BCUT2D eigenvalue weighted by atomic mass is 32.1. The normalized spacial score (nSPS) is 11.3. The van der Waals surface area contributed by atoms with Gasteiger partial charge in [0.15, 0.2) is 0 Å². The van der Waals surface area contributed by atoms with Crippen molar-refractivity contribution >= 4 is 17.4 Å². The summed E-state index contributed by atoms with van der Waals surface area (Å²) in [4.78, 5) is 20.3. The number of hydrogen-bond donors (Lipinski definition) is 2. The number of hydrogen-bond acceptors (Lipinski definition) is 6. The number of thiazole rings is 1. The molecule has 0 atom stereocenters. The van der Waals surface area contributed by atoms with Gasteiger partial charge in [-0.1, -0.05) is 6.07 Å². The van der Waals surface area contributed by atoms with Crippen molar-refractivity contribution in [3.8, 4) is 10.7 Å². The van der Waals surface area contributed by atoms with Gasteiger partial charge >= 0.3 is 6.09 Å². The van der Waals surface area contributed by atoms with Crippen molar-refractivity contribution < 1.29 is 9.53 Å². The molecule has 124 valence electrons. The molecule has 2 heterocycles. The van der Waals surface area contributed by atoms with Crippen LogP contribution < -0.4 is 10.6 Å². The van der Waals surface area contributed by atoms with E-state index < -0.39 is 11.7 Å². The lowest BCUT2D eigenvalue weighted by Crippen LogP contribution is -2.36. The van der Waals surface area contributed by atoms with Crippen molar-refractivity contribution in [3.05, 3.63) is 35.5 Å². The summed E-state index contributed by atoms with van der Waals surface area (Å²) in [6.07, 6.45) is 1.36. The average Bonchev–Trinajstić information content (AvgIpc) is 2.95. The van der Waals surface area contributed by atoms with Crippen LogP contribution >= 0.6 is 11.3 Å². The van der Waals surface area contributed by atoms with Crippen molar-refractivity contribution in [1.82, 2.24) is 20.6 Å². The maximum Gasteiger partial charge on any atom is 0.407 e. The number of amides is 1. The Kier molecular flexibility index (Phi) is 6.06. The molecule has 0 saturated heterocycles. The number of aromatic nitrogens is 2. The molecule has 2 rings (SSSR count). The van der Waals surface area contributed by atoms with E-state index in [1.54, 1.807) is 17.5 Å². The number of carbonyl (C=O) groups is 1. The molecule has 0 saturated carbocycles. The highest BCUT2D eigenvalue weighted by Crippen LogP contribution is 2.20. The molecule has 23 heavy (non-hydrogen) atoms. The fourth-order valence-electron chi connectivity index (χ4n) is 1.78. The van der Waals surface area contributed by atoms with Gasteiger partial charge in [0.2, 0.25) is 0 Å². The number of carbonyl (C=O) groups excluding carboxylic acids is 1. The topological polar surface area (TPSA) is 76.1 Å². The summed E-state index contributed by atoms with van der Waals surface area (Å²) < 4.78 is 5.16. The summed E-state index contributed by atoms with van der Waals surface area (Å²) in [5.41, 5.74) is 1.38. The molecule has 7 heteroatoms. The average molecular weight is 334 g/mol. The Morgan fingerprint density at radius 3 is 2.83 bits per heavy atom. The molecule has 0 aliphatic rings. The summed E-state index contributed by atoms with van der Waals surface area (Å²) in [5, 5.41) is 8.87. The third-order valence-electron chi connectivity index (χ3n) is 2.71. The Morgan fingerprint density at radius 2 is 2.13 bits per heavy atom. The Morgan fingerprint density at radius 1 is 1.30 bits per heavy atom. The number of ether oxygens (including phenoxy) is 1. The maximum atomic E-state index is 11.5. The molecule has 0 unspecified atom stereocenters. The van der Waals surface area contributed by atoms with Crippen LogP contribution in [0.3, 0.4) is 0 Å². The zero-order valence-corrected chi connectivity index (χ0v) is 14.4. The highest BCUT2D eigenvalue weighted by Gasteiger charge is 2.15. The smallest absolute Gasteiger partial charge is 0.407 e. The van der Waals surface area contributed by atoms with Gasteiger partial charge in [-0.2, -0.15) is 0 Å². The van der Waals surface area contributed by atoms with Crippen molar-refractivity contribution in [3.63, 3.8) is 0 Å². The fraction of sp³-hybridized carbons (Fsp3) is 0.438. The third kappa shape index (κ3) is 6.33. The molecule has 0 bridgehead atoms. The molecule has 2 aromatic heterocycles. The quantitative estimate of drug-likeness (QED) is 0.795. The van der Waals surface area contributed by atoms with Gasteiger partial charge in [0.1, 0.15) is 10.6 Å². The van der Waals surface area contributed by atoms with Crippen LogP contribution in [0.2, 0.25) is 0 Å². The zero-order chi connectivity index (χ0) is 16.7. The predicted molar refractivity (Wildman–Crippen MR) is 91.3 cm³/mol. The second-order valence-corrected chi connectivity index (χ2v) is 6.82. The number of nitrogens with one attached hydrogen (secondary N) is 2. The molecule has 0 fully saturated rings. The van der Waals surface area contributed by atoms with Crippen molar-refractivity contribution in [2.75, 3.05) is 13.1 Å². The Bertz CT molecular complexity index is 623. The molecule has 0 aliphatic heterocycles. The lowest BCUT2D eigenvalue weighted by atomic mass is 10.2. The van der Waals surface area contributed by atoms with Crippen LogP contribution in [0.5, 0.6) is 0 Å².